The van der Waals surface area contributed by atoms with E-state index >= 15 is 0 Å². The molecule has 1 aliphatic heterocycles. The maximum absolute atomic E-state index is 12.8. The highest BCUT2D eigenvalue weighted by Crippen LogP contribution is 2.32. The number of anilines is 1. The molecule has 0 saturated heterocycles. The molecule has 1 unspecified atom stereocenters. The molecule has 8 heteroatoms. The fourth-order valence-electron chi connectivity index (χ4n) is 3.88. The van der Waals surface area contributed by atoms with Gasteiger partial charge >= 0.3 is 5.97 Å². The Morgan fingerprint density at radius 3 is 2.34 bits per heavy atom. The number of unbranched alkanes of at least 4 members (excludes halogenated alkanes) is 1. The molecule has 0 bridgehead atoms. The van der Waals surface area contributed by atoms with Crippen molar-refractivity contribution < 1.29 is 19.1 Å². The zero-order valence-electron chi connectivity index (χ0n) is 20.7. The van der Waals surface area contributed by atoms with Gasteiger partial charge in [-0.15, -0.1) is 0 Å². The number of carbonyl (C=O) groups is 2. The van der Waals surface area contributed by atoms with Crippen molar-refractivity contribution in [2.45, 2.75) is 46.6 Å². The Morgan fingerprint density at radius 1 is 1.06 bits per heavy atom. The van der Waals surface area contributed by atoms with E-state index in [-0.39, 0.29) is 18.5 Å². The van der Waals surface area contributed by atoms with E-state index in [2.05, 4.69) is 17.6 Å². The molecular formula is C27H33N3O4S. The third kappa shape index (κ3) is 6.39. The number of thiocarbonyl (C=S) groups is 1. The van der Waals surface area contributed by atoms with Crippen LogP contribution in [0, 0.1) is 0 Å². The quantitative estimate of drug-likeness (QED) is 0.266. The van der Waals surface area contributed by atoms with E-state index in [0.717, 1.165) is 29.9 Å². The van der Waals surface area contributed by atoms with Crippen LogP contribution in [-0.2, 0) is 9.53 Å². The lowest BCUT2D eigenvalue weighted by Crippen LogP contribution is -2.47. The summed E-state index contributed by atoms with van der Waals surface area (Å²) < 4.78 is 11.0. The number of hydrogen-bond donors (Lipinski definition) is 2. The first-order valence-corrected chi connectivity index (χ1v) is 12.4. The number of allylic oxidation sites excluding steroid dienone is 1. The largest absolute Gasteiger partial charge is 0.494 e. The van der Waals surface area contributed by atoms with Crippen LogP contribution in [0.5, 0.6) is 5.75 Å². The molecule has 7 nitrogen and oxygen atoms in total. The van der Waals surface area contributed by atoms with Crippen LogP contribution in [-0.4, -0.2) is 41.6 Å². The van der Waals surface area contributed by atoms with Gasteiger partial charge < -0.3 is 25.0 Å². The maximum Gasteiger partial charge on any atom is 0.338 e. The molecule has 1 heterocycles. The lowest BCUT2D eigenvalue weighted by atomic mass is 9.95. The Hall–Kier alpha value is -3.39. The van der Waals surface area contributed by atoms with Crippen LogP contribution >= 0.6 is 12.2 Å². The fraction of sp³-hybridized carbons (Fsp3) is 0.370. The molecule has 2 aromatic rings. The topological polar surface area (TPSA) is 79.9 Å². The van der Waals surface area contributed by atoms with Crippen LogP contribution in [0.15, 0.2) is 59.8 Å². The Balaban J connectivity index is 1.74. The Labute approximate surface area is 212 Å². The van der Waals surface area contributed by atoms with Crippen molar-refractivity contribution in [2.24, 2.45) is 0 Å². The van der Waals surface area contributed by atoms with Crippen molar-refractivity contribution in [2.75, 3.05) is 25.1 Å². The van der Waals surface area contributed by atoms with E-state index in [4.69, 9.17) is 21.7 Å². The normalized spacial score (nSPS) is 15.5. The van der Waals surface area contributed by atoms with Gasteiger partial charge in [0.25, 0.3) is 5.91 Å². The van der Waals surface area contributed by atoms with Gasteiger partial charge in [0, 0.05) is 23.5 Å². The molecule has 0 fully saturated rings. The highest BCUT2D eigenvalue weighted by molar-refractivity contribution is 7.80. The van der Waals surface area contributed by atoms with E-state index < -0.39 is 6.04 Å². The third-order valence-electron chi connectivity index (χ3n) is 5.79. The minimum atomic E-state index is -0.436. The van der Waals surface area contributed by atoms with Gasteiger partial charge in [-0.1, -0.05) is 25.5 Å². The van der Waals surface area contributed by atoms with Crippen LogP contribution in [0.4, 0.5) is 5.69 Å². The number of nitrogens with one attached hydrogen (secondary N) is 2. The Morgan fingerprint density at radius 2 is 1.74 bits per heavy atom. The summed E-state index contributed by atoms with van der Waals surface area (Å²) in [5.74, 6) is 0.166. The molecule has 0 spiro atoms. The highest BCUT2D eigenvalue weighted by Gasteiger charge is 2.34. The molecule has 3 rings (SSSR count). The van der Waals surface area contributed by atoms with Gasteiger partial charge in [-0.2, -0.15) is 0 Å². The standard InChI is InChI=1S/C27H33N3O4S/c1-5-8-17-34-22-15-11-20(12-16-22)25(31)28-21-13-9-19(10-14-21)24-23(26(32)33-7-3)18(4)30(6-2)27(35)29-24/h9-16,24H,5-8,17H2,1-4H3,(H,28,31)(H,29,35). The Kier molecular flexibility index (Phi) is 9.25. The van der Waals surface area contributed by atoms with Crippen molar-refractivity contribution in [3.8, 4) is 5.75 Å². The van der Waals surface area contributed by atoms with Gasteiger partial charge in [-0.25, -0.2) is 4.79 Å². The molecule has 0 saturated carbocycles. The molecule has 0 radical (unpaired) electrons. The fourth-order valence-corrected chi connectivity index (χ4v) is 4.27. The number of nitrogens with zero attached hydrogens (tertiary/aromatic N) is 1. The maximum atomic E-state index is 12.8. The second-order valence-electron chi connectivity index (χ2n) is 8.15. The lowest BCUT2D eigenvalue weighted by Gasteiger charge is -2.37. The molecule has 1 atom stereocenters. The van der Waals surface area contributed by atoms with E-state index in [0.29, 0.717) is 35.1 Å². The minimum Gasteiger partial charge on any atom is -0.494 e. The molecule has 1 amide bonds. The Bertz CT molecular complexity index is 1080. The summed E-state index contributed by atoms with van der Waals surface area (Å²) >= 11 is 5.52. The number of rotatable bonds is 10. The van der Waals surface area contributed by atoms with E-state index in [1.807, 2.05) is 43.0 Å². The van der Waals surface area contributed by atoms with Crippen molar-refractivity contribution >= 4 is 34.9 Å². The predicted molar refractivity (Wildman–Crippen MR) is 141 cm³/mol. The first-order valence-electron chi connectivity index (χ1n) is 12.0. The molecular weight excluding hydrogens is 462 g/mol. The second-order valence-corrected chi connectivity index (χ2v) is 8.54. The number of benzene rings is 2. The molecule has 2 aromatic carbocycles. The van der Waals surface area contributed by atoms with E-state index in [1.54, 1.807) is 31.2 Å². The molecule has 0 aromatic heterocycles. The summed E-state index contributed by atoms with van der Waals surface area (Å²) in [7, 11) is 0. The summed E-state index contributed by atoms with van der Waals surface area (Å²) in [6.07, 6.45) is 2.06. The monoisotopic (exact) mass is 495 g/mol. The molecule has 35 heavy (non-hydrogen) atoms. The van der Waals surface area contributed by atoms with Crippen molar-refractivity contribution in [1.29, 1.82) is 0 Å². The number of esters is 1. The lowest BCUT2D eigenvalue weighted by molar-refractivity contribution is -0.139. The summed E-state index contributed by atoms with van der Waals surface area (Å²) in [6, 6.07) is 14.0. The SMILES string of the molecule is CCCCOc1ccc(C(=O)Nc2ccc(C3NC(=S)N(CC)C(C)=C3C(=O)OCC)cc2)cc1. The highest BCUT2D eigenvalue weighted by atomic mass is 32.1. The van der Waals surface area contributed by atoms with Crippen LogP contribution in [0.1, 0.15) is 62.5 Å². The predicted octanol–water partition coefficient (Wildman–Crippen LogP) is 5.21. The van der Waals surface area contributed by atoms with E-state index in [9.17, 15) is 9.59 Å². The van der Waals surface area contributed by atoms with Gasteiger partial charge in [0.15, 0.2) is 5.11 Å². The number of ether oxygens (including phenoxy) is 2. The average Bonchev–Trinajstić information content (AvgIpc) is 2.85. The van der Waals surface area contributed by atoms with Crippen molar-refractivity contribution in [1.82, 2.24) is 10.2 Å². The van der Waals surface area contributed by atoms with Crippen molar-refractivity contribution in [3.05, 3.63) is 70.9 Å². The third-order valence-corrected chi connectivity index (χ3v) is 6.13. The second kappa shape index (κ2) is 12.4. The van der Waals surface area contributed by atoms with Crippen LogP contribution in [0.2, 0.25) is 0 Å². The molecule has 2 N–H and O–H groups in total. The zero-order valence-corrected chi connectivity index (χ0v) is 21.5. The number of carbonyl (C=O) groups excluding carboxylic acids is 2. The molecule has 1 aliphatic rings. The zero-order chi connectivity index (χ0) is 25.4. The van der Waals surface area contributed by atoms with Crippen LogP contribution in [0.25, 0.3) is 0 Å². The average molecular weight is 496 g/mol. The first kappa shape index (κ1) is 26.2. The van der Waals surface area contributed by atoms with Crippen LogP contribution < -0.4 is 15.4 Å². The summed E-state index contributed by atoms with van der Waals surface area (Å²) in [5, 5.41) is 6.73. The molecule has 186 valence electrons. The van der Waals surface area contributed by atoms with Gasteiger partial charge in [0.1, 0.15) is 5.75 Å². The summed E-state index contributed by atoms with van der Waals surface area (Å²) in [5.41, 5.74) is 3.34. The van der Waals surface area contributed by atoms with Crippen molar-refractivity contribution in [3.63, 3.8) is 0 Å². The summed E-state index contributed by atoms with van der Waals surface area (Å²) in [6.45, 7) is 9.35. The first-order chi connectivity index (χ1) is 16.9. The van der Waals surface area contributed by atoms with Crippen LogP contribution in [0.3, 0.4) is 0 Å². The minimum absolute atomic E-state index is 0.212. The summed E-state index contributed by atoms with van der Waals surface area (Å²) in [4.78, 5) is 27.3. The van der Waals surface area contributed by atoms with E-state index in [1.165, 1.54) is 0 Å². The van der Waals surface area contributed by atoms with Gasteiger partial charge in [-0.05, 0) is 81.4 Å². The number of amides is 1. The van der Waals surface area contributed by atoms with Gasteiger partial charge in [-0.3, -0.25) is 4.79 Å². The number of hydrogen-bond acceptors (Lipinski definition) is 5. The molecule has 0 aliphatic carbocycles. The van der Waals surface area contributed by atoms with Gasteiger partial charge in [0.05, 0.1) is 24.8 Å². The van der Waals surface area contributed by atoms with Gasteiger partial charge in [0.2, 0.25) is 0 Å². The smallest absolute Gasteiger partial charge is 0.338 e.